The van der Waals surface area contributed by atoms with Crippen LogP contribution < -0.4 is 5.32 Å². The second-order valence-corrected chi connectivity index (χ2v) is 5.15. The quantitative estimate of drug-likeness (QED) is 0.677. The van der Waals surface area contributed by atoms with Crippen LogP contribution in [0.4, 0.5) is 11.4 Å². The van der Waals surface area contributed by atoms with E-state index in [-0.39, 0.29) is 22.5 Å². The monoisotopic (exact) mass is 282 g/mol. The Labute approximate surface area is 116 Å². The van der Waals surface area contributed by atoms with E-state index < -0.39 is 4.92 Å². The SMILES string of the molecule is O=C(Nc1ccc([N+](=O)[O-])c(Cl)c1)C1CCCCC1. The van der Waals surface area contributed by atoms with E-state index in [4.69, 9.17) is 11.6 Å². The molecule has 2 rings (SSSR count). The highest BCUT2D eigenvalue weighted by atomic mass is 35.5. The van der Waals surface area contributed by atoms with Gasteiger partial charge in [-0.1, -0.05) is 30.9 Å². The predicted octanol–water partition coefficient (Wildman–Crippen LogP) is 3.77. The van der Waals surface area contributed by atoms with Crippen molar-refractivity contribution in [3.05, 3.63) is 33.3 Å². The van der Waals surface area contributed by atoms with Crippen molar-refractivity contribution in [2.24, 2.45) is 5.92 Å². The minimum absolute atomic E-state index is 0.0235. The number of halogens is 1. The molecule has 0 aliphatic heterocycles. The van der Waals surface area contributed by atoms with Gasteiger partial charge in [-0.25, -0.2) is 0 Å². The number of rotatable bonds is 3. The van der Waals surface area contributed by atoms with Gasteiger partial charge in [-0.15, -0.1) is 0 Å². The normalized spacial score (nSPS) is 16.1. The standard InChI is InChI=1S/C13H15ClN2O3/c14-11-8-10(6-7-12(11)16(18)19)15-13(17)9-4-2-1-3-5-9/h6-9H,1-5H2,(H,15,17). The number of carbonyl (C=O) groups is 1. The maximum Gasteiger partial charge on any atom is 0.288 e. The van der Waals surface area contributed by atoms with Crippen molar-refractivity contribution in [1.82, 2.24) is 0 Å². The molecule has 1 saturated carbocycles. The van der Waals surface area contributed by atoms with Crippen LogP contribution in [-0.4, -0.2) is 10.8 Å². The Kier molecular flexibility index (Phi) is 4.37. The first-order chi connectivity index (χ1) is 9.08. The van der Waals surface area contributed by atoms with Crippen LogP contribution in [0.1, 0.15) is 32.1 Å². The Bertz CT molecular complexity index is 499. The van der Waals surface area contributed by atoms with Crippen molar-refractivity contribution >= 4 is 28.9 Å². The first-order valence-corrected chi connectivity index (χ1v) is 6.70. The summed E-state index contributed by atoms with van der Waals surface area (Å²) in [7, 11) is 0. The van der Waals surface area contributed by atoms with Gasteiger partial charge in [-0.2, -0.15) is 0 Å². The Morgan fingerprint density at radius 2 is 2.00 bits per heavy atom. The zero-order chi connectivity index (χ0) is 13.8. The van der Waals surface area contributed by atoms with E-state index in [2.05, 4.69) is 5.32 Å². The molecule has 1 aliphatic carbocycles. The summed E-state index contributed by atoms with van der Waals surface area (Å²) in [4.78, 5) is 22.1. The number of carbonyl (C=O) groups excluding carboxylic acids is 1. The summed E-state index contributed by atoms with van der Waals surface area (Å²) in [5.41, 5.74) is 0.350. The third-order valence-corrected chi connectivity index (χ3v) is 3.69. The minimum Gasteiger partial charge on any atom is -0.326 e. The van der Waals surface area contributed by atoms with Crippen LogP contribution >= 0.6 is 11.6 Å². The first kappa shape index (κ1) is 13.8. The molecule has 102 valence electrons. The number of nitrogens with one attached hydrogen (secondary N) is 1. The second-order valence-electron chi connectivity index (χ2n) is 4.75. The van der Waals surface area contributed by atoms with E-state index in [1.807, 2.05) is 0 Å². The van der Waals surface area contributed by atoms with E-state index in [1.165, 1.54) is 24.6 Å². The first-order valence-electron chi connectivity index (χ1n) is 6.33. The van der Waals surface area contributed by atoms with Gasteiger partial charge in [0.05, 0.1) is 4.92 Å². The van der Waals surface area contributed by atoms with Crippen LogP contribution in [0.3, 0.4) is 0 Å². The van der Waals surface area contributed by atoms with Gasteiger partial charge in [-0.05, 0) is 25.0 Å². The molecule has 1 amide bonds. The van der Waals surface area contributed by atoms with Gasteiger partial charge in [0, 0.05) is 17.7 Å². The zero-order valence-electron chi connectivity index (χ0n) is 10.4. The number of anilines is 1. The van der Waals surface area contributed by atoms with Crippen molar-refractivity contribution in [3.63, 3.8) is 0 Å². The van der Waals surface area contributed by atoms with Gasteiger partial charge in [0.2, 0.25) is 5.91 Å². The lowest BCUT2D eigenvalue weighted by Crippen LogP contribution is -2.24. The van der Waals surface area contributed by atoms with Gasteiger partial charge in [0.1, 0.15) is 5.02 Å². The van der Waals surface area contributed by atoms with Crippen molar-refractivity contribution in [2.45, 2.75) is 32.1 Å². The molecule has 1 fully saturated rings. The molecule has 6 heteroatoms. The molecule has 0 saturated heterocycles. The Balaban J connectivity index is 2.04. The molecular formula is C13H15ClN2O3. The zero-order valence-corrected chi connectivity index (χ0v) is 11.2. The topological polar surface area (TPSA) is 72.2 Å². The molecule has 0 heterocycles. The molecular weight excluding hydrogens is 268 g/mol. The smallest absolute Gasteiger partial charge is 0.288 e. The molecule has 0 atom stereocenters. The average molecular weight is 283 g/mol. The van der Waals surface area contributed by atoms with Gasteiger partial charge in [0.25, 0.3) is 5.69 Å². The second kappa shape index (κ2) is 6.02. The molecule has 19 heavy (non-hydrogen) atoms. The van der Waals surface area contributed by atoms with Crippen LogP contribution in [0.15, 0.2) is 18.2 Å². The average Bonchev–Trinajstić information content (AvgIpc) is 2.39. The maximum absolute atomic E-state index is 12.0. The number of hydrogen-bond donors (Lipinski definition) is 1. The van der Waals surface area contributed by atoms with Crippen molar-refractivity contribution in [1.29, 1.82) is 0 Å². The summed E-state index contributed by atoms with van der Waals surface area (Å²) in [6, 6.07) is 4.23. The lowest BCUT2D eigenvalue weighted by Gasteiger charge is -2.20. The predicted molar refractivity (Wildman–Crippen MR) is 73.3 cm³/mol. The summed E-state index contributed by atoms with van der Waals surface area (Å²) in [6.07, 6.45) is 5.17. The minimum atomic E-state index is -0.547. The van der Waals surface area contributed by atoms with E-state index >= 15 is 0 Å². The van der Waals surface area contributed by atoms with E-state index in [0.717, 1.165) is 25.7 Å². The molecule has 0 aromatic heterocycles. The Morgan fingerprint density at radius 1 is 1.32 bits per heavy atom. The van der Waals surface area contributed by atoms with Crippen LogP contribution in [0.2, 0.25) is 5.02 Å². The van der Waals surface area contributed by atoms with Crippen LogP contribution in [0, 0.1) is 16.0 Å². The lowest BCUT2D eigenvalue weighted by molar-refractivity contribution is -0.384. The van der Waals surface area contributed by atoms with Crippen molar-refractivity contribution < 1.29 is 9.72 Å². The van der Waals surface area contributed by atoms with Crippen LogP contribution in [0.25, 0.3) is 0 Å². The Hall–Kier alpha value is -1.62. The number of amides is 1. The van der Waals surface area contributed by atoms with E-state index in [9.17, 15) is 14.9 Å². The fraction of sp³-hybridized carbons (Fsp3) is 0.462. The highest BCUT2D eigenvalue weighted by Crippen LogP contribution is 2.29. The summed E-state index contributed by atoms with van der Waals surface area (Å²) in [5.74, 6) is 0.0207. The highest BCUT2D eigenvalue weighted by molar-refractivity contribution is 6.33. The van der Waals surface area contributed by atoms with E-state index in [0.29, 0.717) is 5.69 Å². The Morgan fingerprint density at radius 3 is 2.58 bits per heavy atom. The molecule has 1 aromatic carbocycles. The molecule has 1 aromatic rings. The number of hydrogen-bond acceptors (Lipinski definition) is 3. The molecule has 5 nitrogen and oxygen atoms in total. The number of nitro benzene ring substituents is 1. The third kappa shape index (κ3) is 3.44. The van der Waals surface area contributed by atoms with Crippen LogP contribution in [-0.2, 0) is 4.79 Å². The number of nitro groups is 1. The van der Waals surface area contributed by atoms with Gasteiger partial charge in [-0.3, -0.25) is 14.9 Å². The molecule has 0 unspecified atom stereocenters. The summed E-state index contributed by atoms with van der Waals surface area (Å²) in [5, 5.41) is 13.4. The third-order valence-electron chi connectivity index (χ3n) is 3.39. The van der Waals surface area contributed by atoms with Gasteiger partial charge >= 0.3 is 0 Å². The van der Waals surface area contributed by atoms with Gasteiger partial charge < -0.3 is 5.32 Å². The largest absolute Gasteiger partial charge is 0.326 e. The molecule has 0 radical (unpaired) electrons. The number of nitrogens with zero attached hydrogens (tertiary/aromatic N) is 1. The maximum atomic E-state index is 12.0. The van der Waals surface area contributed by atoms with Crippen molar-refractivity contribution in [2.75, 3.05) is 5.32 Å². The summed E-state index contributed by atoms with van der Waals surface area (Å²) >= 11 is 5.80. The van der Waals surface area contributed by atoms with Crippen LogP contribution in [0.5, 0.6) is 0 Å². The summed E-state index contributed by atoms with van der Waals surface area (Å²) in [6.45, 7) is 0. The molecule has 0 bridgehead atoms. The fourth-order valence-corrected chi connectivity index (χ4v) is 2.59. The fourth-order valence-electron chi connectivity index (χ4n) is 2.34. The number of benzene rings is 1. The molecule has 1 N–H and O–H groups in total. The lowest BCUT2D eigenvalue weighted by atomic mass is 9.88. The molecule has 1 aliphatic rings. The van der Waals surface area contributed by atoms with Gasteiger partial charge in [0.15, 0.2) is 0 Å². The van der Waals surface area contributed by atoms with E-state index in [1.54, 1.807) is 0 Å². The summed E-state index contributed by atoms with van der Waals surface area (Å²) < 4.78 is 0. The molecule has 0 spiro atoms. The van der Waals surface area contributed by atoms with Crippen molar-refractivity contribution in [3.8, 4) is 0 Å². The highest BCUT2D eigenvalue weighted by Gasteiger charge is 2.21.